The topological polar surface area (TPSA) is 82.0 Å². The number of nitrogens with two attached hydrogens (primary N) is 2. The molecule has 0 spiro atoms. The standard InChI is InChI=1S/C12H11N3O/c13-9-3-1-2-8(6-9)12(16)10-7-15-5-4-11(10)14/h1-7H,13H2,(H2,14,15). The molecule has 0 saturated carbocycles. The predicted octanol–water partition coefficient (Wildman–Crippen LogP) is 1.48. The summed E-state index contributed by atoms with van der Waals surface area (Å²) >= 11 is 0. The predicted molar refractivity (Wildman–Crippen MR) is 62.9 cm³/mol. The lowest BCUT2D eigenvalue weighted by Gasteiger charge is -2.04. The van der Waals surface area contributed by atoms with Gasteiger partial charge in [-0.25, -0.2) is 0 Å². The molecule has 0 atom stereocenters. The lowest BCUT2D eigenvalue weighted by molar-refractivity contribution is 0.103. The summed E-state index contributed by atoms with van der Waals surface area (Å²) in [6, 6.07) is 8.37. The van der Waals surface area contributed by atoms with Crippen LogP contribution in [0.1, 0.15) is 15.9 Å². The van der Waals surface area contributed by atoms with Crippen molar-refractivity contribution in [3.05, 3.63) is 53.9 Å². The summed E-state index contributed by atoms with van der Waals surface area (Å²) in [4.78, 5) is 15.9. The minimum atomic E-state index is -0.169. The SMILES string of the molecule is Nc1cccc(C(=O)c2cnccc2N)c1. The van der Waals surface area contributed by atoms with Gasteiger partial charge in [-0.2, -0.15) is 0 Å². The average Bonchev–Trinajstić information content (AvgIpc) is 2.29. The van der Waals surface area contributed by atoms with Crippen molar-refractivity contribution in [2.75, 3.05) is 11.5 Å². The van der Waals surface area contributed by atoms with Gasteiger partial charge in [0.1, 0.15) is 0 Å². The van der Waals surface area contributed by atoms with Crippen molar-refractivity contribution in [1.29, 1.82) is 0 Å². The van der Waals surface area contributed by atoms with E-state index in [1.165, 1.54) is 6.20 Å². The Morgan fingerprint density at radius 1 is 1.19 bits per heavy atom. The maximum Gasteiger partial charge on any atom is 0.196 e. The van der Waals surface area contributed by atoms with E-state index < -0.39 is 0 Å². The number of benzene rings is 1. The number of nitrogen functional groups attached to an aromatic ring is 2. The van der Waals surface area contributed by atoms with Gasteiger partial charge in [-0.3, -0.25) is 9.78 Å². The second-order valence-electron chi connectivity index (χ2n) is 3.42. The number of anilines is 2. The summed E-state index contributed by atoms with van der Waals surface area (Å²) in [6.45, 7) is 0. The summed E-state index contributed by atoms with van der Waals surface area (Å²) < 4.78 is 0. The lowest BCUT2D eigenvalue weighted by atomic mass is 10.0. The van der Waals surface area contributed by atoms with Crippen molar-refractivity contribution < 1.29 is 4.79 Å². The summed E-state index contributed by atoms with van der Waals surface area (Å²) in [5, 5.41) is 0. The highest BCUT2D eigenvalue weighted by Crippen LogP contribution is 2.16. The molecule has 0 aliphatic rings. The maximum atomic E-state index is 12.0. The van der Waals surface area contributed by atoms with Crippen molar-refractivity contribution in [2.24, 2.45) is 0 Å². The Hall–Kier alpha value is -2.36. The Labute approximate surface area is 92.9 Å². The fourth-order valence-corrected chi connectivity index (χ4v) is 1.43. The fourth-order valence-electron chi connectivity index (χ4n) is 1.43. The summed E-state index contributed by atoms with van der Waals surface area (Å²) in [7, 11) is 0. The van der Waals surface area contributed by atoms with Gasteiger partial charge in [0.05, 0.1) is 5.56 Å². The molecule has 0 aliphatic carbocycles. The first-order valence-corrected chi connectivity index (χ1v) is 4.78. The minimum absolute atomic E-state index is 0.169. The molecule has 16 heavy (non-hydrogen) atoms. The van der Waals surface area contributed by atoms with Gasteiger partial charge in [0.25, 0.3) is 0 Å². The fraction of sp³-hybridized carbons (Fsp3) is 0. The zero-order valence-electron chi connectivity index (χ0n) is 8.55. The van der Waals surface area contributed by atoms with E-state index in [9.17, 15) is 4.79 Å². The van der Waals surface area contributed by atoms with E-state index in [4.69, 9.17) is 11.5 Å². The first-order chi connectivity index (χ1) is 7.68. The number of pyridine rings is 1. The molecule has 2 rings (SSSR count). The number of nitrogens with zero attached hydrogens (tertiary/aromatic N) is 1. The third-order valence-corrected chi connectivity index (χ3v) is 2.25. The molecule has 0 saturated heterocycles. The van der Waals surface area contributed by atoms with Gasteiger partial charge in [0, 0.05) is 29.3 Å². The molecule has 4 heteroatoms. The van der Waals surface area contributed by atoms with Crippen LogP contribution < -0.4 is 11.5 Å². The lowest BCUT2D eigenvalue weighted by Crippen LogP contribution is -2.06. The number of ketones is 1. The molecule has 1 heterocycles. The molecule has 80 valence electrons. The largest absolute Gasteiger partial charge is 0.399 e. The monoisotopic (exact) mass is 213 g/mol. The Kier molecular flexibility index (Phi) is 2.55. The van der Waals surface area contributed by atoms with Gasteiger partial charge >= 0.3 is 0 Å². The van der Waals surface area contributed by atoms with Crippen LogP contribution in [0.2, 0.25) is 0 Å². The van der Waals surface area contributed by atoms with Crippen molar-refractivity contribution in [3.8, 4) is 0 Å². The summed E-state index contributed by atoms with van der Waals surface area (Å²) in [6.07, 6.45) is 3.01. The normalized spacial score (nSPS) is 10.0. The van der Waals surface area contributed by atoms with Crippen molar-refractivity contribution in [2.45, 2.75) is 0 Å². The zero-order chi connectivity index (χ0) is 11.5. The van der Waals surface area contributed by atoms with Gasteiger partial charge < -0.3 is 11.5 Å². The Bertz CT molecular complexity index is 537. The average molecular weight is 213 g/mol. The summed E-state index contributed by atoms with van der Waals surface area (Å²) in [5.41, 5.74) is 13.2. The number of aromatic nitrogens is 1. The zero-order valence-corrected chi connectivity index (χ0v) is 8.55. The minimum Gasteiger partial charge on any atom is -0.399 e. The van der Waals surface area contributed by atoms with Crippen LogP contribution in [0.5, 0.6) is 0 Å². The van der Waals surface area contributed by atoms with Gasteiger partial charge in [-0.1, -0.05) is 12.1 Å². The van der Waals surface area contributed by atoms with Crippen LogP contribution in [0.25, 0.3) is 0 Å². The van der Waals surface area contributed by atoms with E-state index >= 15 is 0 Å². The van der Waals surface area contributed by atoms with Crippen LogP contribution >= 0.6 is 0 Å². The van der Waals surface area contributed by atoms with E-state index in [1.54, 1.807) is 36.5 Å². The van der Waals surface area contributed by atoms with Gasteiger partial charge in [0.15, 0.2) is 5.78 Å². The van der Waals surface area contributed by atoms with Crippen LogP contribution in [-0.2, 0) is 0 Å². The van der Waals surface area contributed by atoms with E-state index in [0.29, 0.717) is 22.5 Å². The molecule has 4 N–H and O–H groups in total. The van der Waals surface area contributed by atoms with Crippen molar-refractivity contribution in [1.82, 2.24) is 4.98 Å². The van der Waals surface area contributed by atoms with Gasteiger partial charge in [-0.15, -0.1) is 0 Å². The van der Waals surface area contributed by atoms with E-state index in [0.717, 1.165) is 0 Å². The van der Waals surface area contributed by atoms with Crippen LogP contribution in [0.3, 0.4) is 0 Å². The molecule has 0 amide bonds. The third kappa shape index (κ3) is 1.86. The number of hydrogen-bond acceptors (Lipinski definition) is 4. The number of carbonyl (C=O) groups is 1. The quantitative estimate of drug-likeness (QED) is 0.584. The second kappa shape index (κ2) is 4.02. The van der Waals surface area contributed by atoms with E-state index in [2.05, 4.69) is 4.98 Å². The van der Waals surface area contributed by atoms with E-state index in [1.807, 2.05) is 0 Å². The van der Waals surface area contributed by atoms with Crippen LogP contribution in [-0.4, -0.2) is 10.8 Å². The molecule has 4 nitrogen and oxygen atoms in total. The molecule has 1 aromatic carbocycles. The Morgan fingerprint density at radius 2 is 2.00 bits per heavy atom. The molecule has 0 fully saturated rings. The molecule has 0 unspecified atom stereocenters. The summed E-state index contributed by atoms with van der Waals surface area (Å²) in [5.74, 6) is -0.169. The Balaban J connectivity index is 2.44. The molecular formula is C12H11N3O. The first-order valence-electron chi connectivity index (χ1n) is 4.78. The van der Waals surface area contributed by atoms with E-state index in [-0.39, 0.29) is 5.78 Å². The van der Waals surface area contributed by atoms with Crippen LogP contribution in [0, 0.1) is 0 Å². The molecular weight excluding hydrogens is 202 g/mol. The highest BCUT2D eigenvalue weighted by atomic mass is 16.1. The number of rotatable bonds is 2. The molecule has 0 aliphatic heterocycles. The van der Waals surface area contributed by atoms with Gasteiger partial charge in [0.2, 0.25) is 0 Å². The molecule has 1 aromatic heterocycles. The molecule has 0 radical (unpaired) electrons. The number of hydrogen-bond donors (Lipinski definition) is 2. The maximum absolute atomic E-state index is 12.0. The Morgan fingerprint density at radius 3 is 2.69 bits per heavy atom. The smallest absolute Gasteiger partial charge is 0.196 e. The van der Waals surface area contributed by atoms with Gasteiger partial charge in [-0.05, 0) is 18.2 Å². The number of carbonyl (C=O) groups excluding carboxylic acids is 1. The highest BCUT2D eigenvalue weighted by molar-refractivity contribution is 6.12. The van der Waals surface area contributed by atoms with Crippen LogP contribution in [0.15, 0.2) is 42.7 Å². The van der Waals surface area contributed by atoms with Crippen molar-refractivity contribution in [3.63, 3.8) is 0 Å². The second-order valence-corrected chi connectivity index (χ2v) is 3.42. The molecule has 0 bridgehead atoms. The van der Waals surface area contributed by atoms with Crippen LogP contribution in [0.4, 0.5) is 11.4 Å². The third-order valence-electron chi connectivity index (χ3n) is 2.25. The molecule has 2 aromatic rings. The highest BCUT2D eigenvalue weighted by Gasteiger charge is 2.12. The first kappa shape index (κ1) is 10.2. The van der Waals surface area contributed by atoms with Crippen molar-refractivity contribution >= 4 is 17.2 Å².